The van der Waals surface area contributed by atoms with E-state index in [-0.39, 0.29) is 5.41 Å². The minimum atomic E-state index is -0.446. The molecule has 0 aromatic heterocycles. The van der Waals surface area contributed by atoms with Crippen LogP contribution in [0.2, 0.25) is 5.02 Å². The van der Waals surface area contributed by atoms with Gasteiger partial charge in [0.1, 0.15) is 0 Å². The fraction of sp³-hybridized carbons (Fsp3) is 0.538. The van der Waals surface area contributed by atoms with Gasteiger partial charge in [0.15, 0.2) is 0 Å². The summed E-state index contributed by atoms with van der Waals surface area (Å²) in [7, 11) is 0. The van der Waals surface area contributed by atoms with Gasteiger partial charge in [-0.25, -0.2) is 0 Å². The van der Waals surface area contributed by atoms with E-state index in [1.54, 1.807) is 0 Å². The highest BCUT2D eigenvalue weighted by Crippen LogP contribution is 2.30. The smallest absolute Gasteiger partial charge is 0.0804 e. The normalized spacial score (nSPS) is 13.9. The zero-order valence-corrected chi connectivity index (χ0v) is 10.4. The Morgan fingerprint density at radius 1 is 1.27 bits per heavy atom. The van der Waals surface area contributed by atoms with Crippen LogP contribution in [0.4, 0.5) is 0 Å². The molecule has 1 nitrogen and oxygen atoms in total. The molecule has 1 unspecified atom stereocenters. The van der Waals surface area contributed by atoms with Crippen LogP contribution < -0.4 is 0 Å². The van der Waals surface area contributed by atoms with Gasteiger partial charge in [0.05, 0.1) is 6.10 Å². The lowest BCUT2D eigenvalue weighted by atomic mass is 9.88. The summed E-state index contributed by atoms with van der Waals surface area (Å²) >= 11 is 6.01. The standard InChI is InChI=1S/C13H19ClO/c1-13(2,3)9-8-12(15)10-6-4-5-7-11(10)14/h4-7,12,15H,8-9H2,1-3H3. The third-order valence-electron chi connectivity index (χ3n) is 2.43. The van der Waals surface area contributed by atoms with Gasteiger partial charge >= 0.3 is 0 Å². The fourth-order valence-corrected chi connectivity index (χ4v) is 1.73. The summed E-state index contributed by atoms with van der Waals surface area (Å²) in [5.74, 6) is 0. The second-order valence-corrected chi connectivity index (χ2v) is 5.54. The summed E-state index contributed by atoms with van der Waals surface area (Å²) in [6, 6.07) is 7.48. The minimum Gasteiger partial charge on any atom is -0.388 e. The third kappa shape index (κ3) is 4.23. The van der Waals surface area contributed by atoms with Gasteiger partial charge in [-0.2, -0.15) is 0 Å². The van der Waals surface area contributed by atoms with Crippen molar-refractivity contribution in [3.05, 3.63) is 34.9 Å². The first-order valence-electron chi connectivity index (χ1n) is 5.33. The Morgan fingerprint density at radius 3 is 2.40 bits per heavy atom. The van der Waals surface area contributed by atoms with E-state index in [1.165, 1.54) is 0 Å². The predicted molar refractivity (Wildman–Crippen MR) is 65.1 cm³/mol. The maximum absolute atomic E-state index is 9.98. The second kappa shape index (κ2) is 5.00. The first-order valence-corrected chi connectivity index (χ1v) is 5.70. The van der Waals surface area contributed by atoms with Gasteiger partial charge in [-0.05, 0) is 29.9 Å². The summed E-state index contributed by atoms with van der Waals surface area (Å²) in [6.07, 6.45) is 1.30. The Hall–Kier alpha value is -0.530. The summed E-state index contributed by atoms with van der Waals surface area (Å²) in [6.45, 7) is 6.52. The van der Waals surface area contributed by atoms with Gasteiger partial charge < -0.3 is 5.11 Å². The molecule has 15 heavy (non-hydrogen) atoms. The Bertz CT molecular complexity index is 315. The summed E-state index contributed by atoms with van der Waals surface area (Å²) in [5.41, 5.74) is 1.09. The summed E-state index contributed by atoms with van der Waals surface area (Å²) in [4.78, 5) is 0. The molecule has 0 heterocycles. The molecule has 0 bridgehead atoms. The van der Waals surface area contributed by atoms with Crippen molar-refractivity contribution in [3.8, 4) is 0 Å². The van der Waals surface area contributed by atoms with E-state index in [0.717, 1.165) is 18.4 Å². The zero-order chi connectivity index (χ0) is 11.5. The average Bonchev–Trinajstić information content (AvgIpc) is 2.14. The molecule has 1 aromatic carbocycles. The molecule has 1 N–H and O–H groups in total. The number of benzene rings is 1. The lowest BCUT2D eigenvalue weighted by Crippen LogP contribution is -2.08. The van der Waals surface area contributed by atoms with Crippen molar-refractivity contribution in [3.63, 3.8) is 0 Å². The SMILES string of the molecule is CC(C)(C)CCC(O)c1ccccc1Cl. The molecule has 0 spiro atoms. The van der Waals surface area contributed by atoms with Crippen LogP contribution in [-0.4, -0.2) is 5.11 Å². The van der Waals surface area contributed by atoms with E-state index >= 15 is 0 Å². The van der Waals surface area contributed by atoms with Crippen molar-refractivity contribution in [1.82, 2.24) is 0 Å². The molecule has 0 aliphatic heterocycles. The molecule has 0 saturated heterocycles. The minimum absolute atomic E-state index is 0.252. The molecule has 0 saturated carbocycles. The molecule has 0 aliphatic rings. The molecule has 1 aromatic rings. The van der Waals surface area contributed by atoms with Crippen molar-refractivity contribution in [1.29, 1.82) is 0 Å². The fourth-order valence-electron chi connectivity index (χ4n) is 1.47. The quantitative estimate of drug-likeness (QED) is 0.819. The van der Waals surface area contributed by atoms with Crippen molar-refractivity contribution < 1.29 is 5.11 Å². The molecule has 84 valence electrons. The van der Waals surface area contributed by atoms with Crippen LogP contribution in [0, 0.1) is 5.41 Å². The van der Waals surface area contributed by atoms with Crippen LogP contribution in [0.25, 0.3) is 0 Å². The lowest BCUT2D eigenvalue weighted by molar-refractivity contribution is 0.147. The topological polar surface area (TPSA) is 20.2 Å². The largest absolute Gasteiger partial charge is 0.388 e. The second-order valence-electron chi connectivity index (χ2n) is 5.14. The maximum Gasteiger partial charge on any atom is 0.0804 e. The molecule has 1 atom stereocenters. The van der Waals surface area contributed by atoms with Gasteiger partial charge in [-0.3, -0.25) is 0 Å². The Kier molecular flexibility index (Phi) is 4.18. The molecule has 2 heteroatoms. The van der Waals surface area contributed by atoms with Crippen LogP contribution in [0.1, 0.15) is 45.3 Å². The molecule has 0 amide bonds. The predicted octanol–water partition coefficient (Wildman–Crippen LogP) is 4.20. The van der Waals surface area contributed by atoms with Crippen LogP contribution in [0.5, 0.6) is 0 Å². The Balaban J connectivity index is 2.62. The number of aliphatic hydroxyl groups excluding tert-OH is 1. The monoisotopic (exact) mass is 226 g/mol. The number of halogens is 1. The Morgan fingerprint density at radius 2 is 1.87 bits per heavy atom. The molecular formula is C13H19ClO. The number of aliphatic hydroxyl groups is 1. The van der Waals surface area contributed by atoms with Crippen molar-refractivity contribution in [2.75, 3.05) is 0 Å². The van der Waals surface area contributed by atoms with E-state index in [1.807, 2.05) is 24.3 Å². The summed E-state index contributed by atoms with van der Waals surface area (Å²) in [5, 5.41) is 10.6. The van der Waals surface area contributed by atoms with Gasteiger partial charge in [-0.15, -0.1) is 0 Å². The van der Waals surface area contributed by atoms with Gasteiger partial charge in [-0.1, -0.05) is 50.6 Å². The van der Waals surface area contributed by atoms with E-state index in [9.17, 15) is 5.11 Å². The van der Waals surface area contributed by atoms with Gasteiger partial charge in [0.25, 0.3) is 0 Å². The highest BCUT2D eigenvalue weighted by molar-refractivity contribution is 6.31. The molecule has 0 aliphatic carbocycles. The number of rotatable bonds is 3. The maximum atomic E-state index is 9.98. The van der Waals surface area contributed by atoms with Crippen molar-refractivity contribution in [2.24, 2.45) is 5.41 Å². The molecule has 0 fully saturated rings. The number of hydrogen-bond donors (Lipinski definition) is 1. The highest BCUT2D eigenvalue weighted by atomic mass is 35.5. The zero-order valence-electron chi connectivity index (χ0n) is 9.63. The average molecular weight is 227 g/mol. The third-order valence-corrected chi connectivity index (χ3v) is 2.78. The van der Waals surface area contributed by atoms with E-state index in [4.69, 9.17) is 11.6 Å². The van der Waals surface area contributed by atoms with Gasteiger partial charge in [0.2, 0.25) is 0 Å². The Labute approximate surface area is 97.1 Å². The number of hydrogen-bond acceptors (Lipinski definition) is 1. The van der Waals surface area contributed by atoms with Crippen LogP contribution in [-0.2, 0) is 0 Å². The highest BCUT2D eigenvalue weighted by Gasteiger charge is 2.16. The molecular weight excluding hydrogens is 208 g/mol. The summed E-state index contributed by atoms with van der Waals surface area (Å²) < 4.78 is 0. The van der Waals surface area contributed by atoms with E-state index < -0.39 is 6.10 Å². The first kappa shape index (κ1) is 12.5. The van der Waals surface area contributed by atoms with E-state index in [0.29, 0.717) is 5.02 Å². The molecule has 1 rings (SSSR count). The van der Waals surface area contributed by atoms with Crippen LogP contribution >= 0.6 is 11.6 Å². The first-order chi connectivity index (χ1) is 6.90. The molecule has 0 radical (unpaired) electrons. The van der Waals surface area contributed by atoms with Gasteiger partial charge in [0, 0.05) is 5.02 Å². The van der Waals surface area contributed by atoms with E-state index in [2.05, 4.69) is 20.8 Å². The van der Waals surface area contributed by atoms with Crippen molar-refractivity contribution >= 4 is 11.6 Å². The van der Waals surface area contributed by atoms with Crippen molar-refractivity contribution in [2.45, 2.75) is 39.7 Å². The lowest BCUT2D eigenvalue weighted by Gasteiger charge is -2.20. The van der Waals surface area contributed by atoms with Crippen LogP contribution in [0.15, 0.2) is 24.3 Å². The van der Waals surface area contributed by atoms with Crippen LogP contribution in [0.3, 0.4) is 0 Å².